The molecule has 2 heteroatoms. The highest BCUT2D eigenvalue weighted by molar-refractivity contribution is 5.02. The molecule has 0 radical (unpaired) electrons. The van der Waals surface area contributed by atoms with E-state index in [1.807, 2.05) is 0 Å². The van der Waals surface area contributed by atoms with Gasteiger partial charge in [0.25, 0.3) is 0 Å². The number of hydrogen-bond donors (Lipinski definition) is 0. The van der Waals surface area contributed by atoms with Crippen molar-refractivity contribution in [1.29, 1.82) is 0 Å². The molecule has 0 saturated heterocycles. The molecule has 41 heavy (non-hydrogen) atoms. The van der Waals surface area contributed by atoms with Gasteiger partial charge in [-0.3, -0.25) is 0 Å². The van der Waals surface area contributed by atoms with Crippen LogP contribution in [0.1, 0.15) is 238 Å². The van der Waals surface area contributed by atoms with Crippen molar-refractivity contribution in [1.82, 2.24) is 9.55 Å². The van der Waals surface area contributed by atoms with Crippen LogP contribution >= 0.6 is 0 Å². The van der Waals surface area contributed by atoms with Crippen molar-refractivity contribution in [3.8, 4) is 0 Å². The van der Waals surface area contributed by atoms with E-state index < -0.39 is 0 Å². The Balaban J connectivity index is 2.42. The van der Waals surface area contributed by atoms with Gasteiger partial charge in [-0.2, -0.15) is 0 Å². The molecule has 242 valence electrons. The van der Waals surface area contributed by atoms with Crippen LogP contribution in [0.4, 0.5) is 0 Å². The SMILES string of the molecule is CCCCCCCCCCCCCC(CCCCCCCCC)c1nccn1C(C)CCCCCCCCCCC. The summed E-state index contributed by atoms with van der Waals surface area (Å²) in [6, 6.07) is 0.589. The number of unbranched alkanes of at least 4 members (excludes halogenated alkanes) is 24. The van der Waals surface area contributed by atoms with Gasteiger partial charge < -0.3 is 4.57 Å². The van der Waals surface area contributed by atoms with Gasteiger partial charge in [-0.05, 0) is 26.2 Å². The summed E-state index contributed by atoms with van der Waals surface area (Å²) in [5, 5.41) is 0. The average Bonchev–Trinajstić information content (AvgIpc) is 3.47. The lowest BCUT2D eigenvalue weighted by atomic mass is 9.92. The summed E-state index contributed by atoms with van der Waals surface area (Å²) in [5.74, 6) is 2.07. The smallest absolute Gasteiger partial charge is 0.111 e. The Morgan fingerprint density at radius 3 is 1.15 bits per heavy atom. The molecule has 2 unspecified atom stereocenters. The summed E-state index contributed by atoms with van der Waals surface area (Å²) in [4.78, 5) is 5.00. The van der Waals surface area contributed by atoms with Crippen LogP contribution in [0, 0.1) is 0 Å². The zero-order chi connectivity index (χ0) is 29.6. The predicted molar refractivity (Wildman–Crippen MR) is 185 cm³/mol. The van der Waals surface area contributed by atoms with E-state index >= 15 is 0 Å². The molecular formula is C39H76N2. The van der Waals surface area contributed by atoms with Crippen molar-refractivity contribution >= 4 is 0 Å². The molecule has 1 heterocycles. The summed E-state index contributed by atoms with van der Waals surface area (Å²) in [7, 11) is 0. The van der Waals surface area contributed by atoms with Crippen LogP contribution in [0.2, 0.25) is 0 Å². The molecule has 0 aliphatic heterocycles. The summed E-state index contributed by atoms with van der Waals surface area (Å²) in [5.41, 5.74) is 0. The van der Waals surface area contributed by atoms with Gasteiger partial charge in [0.2, 0.25) is 0 Å². The Bertz CT molecular complexity index is 635. The Morgan fingerprint density at radius 2 is 0.780 bits per heavy atom. The fourth-order valence-electron chi connectivity index (χ4n) is 6.71. The number of hydrogen-bond acceptors (Lipinski definition) is 1. The van der Waals surface area contributed by atoms with Gasteiger partial charge >= 0.3 is 0 Å². The lowest BCUT2D eigenvalue weighted by molar-refractivity contribution is 0.412. The molecule has 1 aromatic heterocycles. The molecular weight excluding hydrogens is 496 g/mol. The second kappa shape index (κ2) is 29.3. The van der Waals surface area contributed by atoms with Crippen molar-refractivity contribution < 1.29 is 0 Å². The number of aromatic nitrogens is 2. The molecule has 0 fully saturated rings. The third kappa shape index (κ3) is 21.5. The Labute approximate surface area is 259 Å². The molecule has 0 N–H and O–H groups in total. The maximum absolute atomic E-state index is 5.00. The van der Waals surface area contributed by atoms with Gasteiger partial charge in [-0.25, -0.2) is 4.98 Å². The van der Waals surface area contributed by atoms with Crippen molar-refractivity contribution in [3.63, 3.8) is 0 Å². The van der Waals surface area contributed by atoms with Crippen LogP contribution in [0.15, 0.2) is 12.4 Å². The maximum atomic E-state index is 5.00. The first-order chi connectivity index (χ1) is 20.2. The van der Waals surface area contributed by atoms with Crippen LogP contribution in [-0.4, -0.2) is 9.55 Å². The lowest BCUT2D eigenvalue weighted by Crippen LogP contribution is -2.13. The highest BCUT2D eigenvalue weighted by atomic mass is 15.1. The zero-order valence-electron chi connectivity index (χ0n) is 28.9. The third-order valence-electron chi connectivity index (χ3n) is 9.58. The summed E-state index contributed by atoms with van der Waals surface area (Å²) in [6.45, 7) is 9.39. The predicted octanol–water partition coefficient (Wildman–Crippen LogP) is 14.3. The molecule has 2 atom stereocenters. The first-order valence-electron chi connectivity index (χ1n) is 19.3. The molecule has 0 aromatic carbocycles. The number of rotatable bonds is 32. The van der Waals surface area contributed by atoms with Crippen molar-refractivity contribution in [2.45, 2.75) is 232 Å². The molecule has 0 amide bonds. The van der Waals surface area contributed by atoms with Crippen molar-refractivity contribution in [2.75, 3.05) is 0 Å². The highest BCUT2D eigenvalue weighted by Crippen LogP contribution is 2.31. The fraction of sp³-hybridized carbons (Fsp3) is 0.923. The molecule has 0 aliphatic rings. The molecule has 1 aromatic rings. The van der Waals surface area contributed by atoms with E-state index in [-0.39, 0.29) is 0 Å². The normalized spacial score (nSPS) is 13.2. The second-order valence-electron chi connectivity index (χ2n) is 13.6. The molecule has 0 saturated carbocycles. The van der Waals surface area contributed by atoms with Gasteiger partial charge in [-0.1, -0.05) is 194 Å². The lowest BCUT2D eigenvalue weighted by Gasteiger charge is -2.22. The fourth-order valence-corrected chi connectivity index (χ4v) is 6.71. The largest absolute Gasteiger partial charge is 0.332 e. The second-order valence-corrected chi connectivity index (χ2v) is 13.6. The maximum Gasteiger partial charge on any atom is 0.111 e. The van der Waals surface area contributed by atoms with Gasteiger partial charge in [0.05, 0.1) is 0 Å². The van der Waals surface area contributed by atoms with E-state index in [9.17, 15) is 0 Å². The summed E-state index contributed by atoms with van der Waals surface area (Å²) < 4.78 is 2.58. The summed E-state index contributed by atoms with van der Waals surface area (Å²) >= 11 is 0. The van der Waals surface area contributed by atoms with E-state index in [0.29, 0.717) is 12.0 Å². The van der Waals surface area contributed by atoms with E-state index in [1.54, 1.807) is 0 Å². The van der Waals surface area contributed by atoms with E-state index in [1.165, 1.54) is 198 Å². The Hall–Kier alpha value is -0.790. The van der Waals surface area contributed by atoms with E-state index in [4.69, 9.17) is 4.98 Å². The Morgan fingerprint density at radius 1 is 0.463 bits per heavy atom. The van der Waals surface area contributed by atoms with Crippen molar-refractivity contribution in [3.05, 3.63) is 18.2 Å². The Kier molecular flexibility index (Phi) is 27.3. The van der Waals surface area contributed by atoms with Crippen LogP contribution < -0.4 is 0 Å². The minimum atomic E-state index is 0.589. The first-order valence-corrected chi connectivity index (χ1v) is 19.3. The van der Waals surface area contributed by atoms with Gasteiger partial charge in [0.1, 0.15) is 5.82 Å². The standard InChI is InChI=1S/C39H76N2/c1-5-8-11-14-17-19-20-22-25-28-31-34-38(33-30-27-23-16-13-10-7-3)39-40-35-36-41(39)37(4)32-29-26-24-21-18-15-12-9-6-2/h35-38H,5-34H2,1-4H3. The topological polar surface area (TPSA) is 17.8 Å². The van der Waals surface area contributed by atoms with E-state index in [2.05, 4.69) is 44.7 Å². The molecule has 0 bridgehead atoms. The van der Waals surface area contributed by atoms with Crippen LogP contribution in [0.5, 0.6) is 0 Å². The van der Waals surface area contributed by atoms with Crippen molar-refractivity contribution in [2.24, 2.45) is 0 Å². The number of imidazole rings is 1. The zero-order valence-corrected chi connectivity index (χ0v) is 28.9. The van der Waals surface area contributed by atoms with Gasteiger partial charge in [0.15, 0.2) is 0 Å². The van der Waals surface area contributed by atoms with E-state index in [0.717, 1.165) is 0 Å². The monoisotopic (exact) mass is 573 g/mol. The highest BCUT2D eigenvalue weighted by Gasteiger charge is 2.19. The van der Waals surface area contributed by atoms with Crippen LogP contribution in [0.25, 0.3) is 0 Å². The third-order valence-corrected chi connectivity index (χ3v) is 9.58. The molecule has 1 rings (SSSR count). The first kappa shape index (κ1) is 38.2. The van der Waals surface area contributed by atoms with Crippen LogP contribution in [-0.2, 0) is 0 Å². The summed E-state index contributed by atoms with van der Waals surface area (Å²) in [6.07, 6.45) is 46.7. The van der Waals surface area contributed by atoms with Gasteiger partial charge in [-0.15, -0.1) is 0 Å². The quantitative estimate of drug-likeness (QED) is 0.0785. The molecule has 0 aliphatic carbocycles. The number of nitrogens with zero attached hydrogens (tertiary/aromatic N) is 2. The average molecular weight is 573 g/mol. The van der Waals surface area contributed by atoms with Gasteiger partial charge in [0, 0.05) is 24.4 Å². The minimum Gasteiger partial charge on any atom is -0.332 e. The molecule has 0 spiro atoms. The molecule has 2 nitrogen and oxygen atoms in total. The van der Waals surface area contributed by atoms with Crippen LogP contribution in [0.3, 0.4) is 0 Å². The minimum absolute atomic E-state index is 0.589.